The maximum absolute atomic E-state index is 13.1. The van der Waals surface area contributed by atoms with Gasteiger partial charge in [0.1, 0.15) is 0 Å². The lowest BCUT2D eigenvalue weighted by Crippen LogP contribution is -2.44. The first-order valence-electron chi connectivity index (χ1n) is 12.7. The number of hydrogen-bond acceptors (Lipinski definition) is 3. The summed E-state index contributed by atoms with van der Waals surface area (Å²) in [5, 5.41) is 0.745. The van der Waals surface area contributed by atoms with Crippen LogP contribution in [0.15, 0.2) is 33.3 Å². The molecule has 0 spiro atoms. The number of rotatable bonds is 3. The predicted molar refractivity (Wildman–Crippen MR) is 148 cm³/mol. The van der Waals surface area contributed by atoms with Gasteiger partial charge in [0.2, 0.25) is 5.91 Å². The second kappa shape index (κ2) is 11.0. The molecule has 1 aliphatic carbocycles. The molecule has 2 N–H and O–H groups in total. The van der Waals surface area contributed by atoms with Crippen molar-refractivity contribution in [1.82, 2.24) is 14.8 Å². The van der Waals surface area contributed by atoms with Gasteiger partial charge in [0.05, 0.1) is 10.7 Å². The molecule has 2 fully saturated rings. The van der Waals surface area contributed by atoms with Crippen molar-refractivity contribution in [3.63, 3.8) is 0 Å². The van der Waals surface area contributed by atoms with Crippen LogP contribution in [0.2, 0.25) is 5.02 Å². The summed E-state index contributed by atoms with van der Waals surface area (Å²) in [4.78, 5) is 33.1. The highest BCUT2D eigenvalue weighted by atomic mass is 79.9. The maximum Gasteiger partial charge on any atom is 0.314 e. The number of urea groups is 1. The molecule has 0 unspecified atom stereocenters. The highest BCUT2D eigenvalue weighted by Crippen LogP contribution is 2.45. The molecule has 2 aliphatic heterocycles. The number of piperidine rings is 2. The minimum absolute atomic E-state index is 0.189. The highest BCUT2D eigenvalue weighted by molar-refractivity contribution is 9.10. The Morgan fingerprint density at radius 2 is 1.72 bits per heavy atom. The Bertz CT molecular complexity index is 1160. The van der Waals surface area contributed by atoms with Crippen LogP contribution < -0.4 is 5.73 Å². The smallest absolute Gasteiger partial charge is 0.314 e. The van der Waals surface area contributed by atoms with Gasteiger partial charge in [0.15, 0.2) is 0 Å². The Balaban J connectivity index is 1.30. The molecule has 1 aromatic carbocycles. The number of aromatic nitrogens is 1. The summed E-state index contributed by atoms with van der Waals surface area (Å²) in [5.41, 5.74) is 10.4. The van der Waals surface area contributed by atoms with Crippen molar-refractivity contribution in [2.24, 2.45) is 17.6 Å². The van der Waals surface area contributed by atoms with Gasteiger partial charge in [-0.3, -0.25) is 9.78 Å². The monoisotopic (exact) mass is 636 g/mol. The molecule has 3 aliphatic rings. The molecule has 192 valence electrons. The van der Waals surface area contributed by atoms with Crippen LogP contribution in [0.5, 0.6) is 0 Å². The van der Waals surface area contributed by atoms with Gasteiger partial charge in [-0.1, -0.05) is 17.7 Å². The molecule has 5 rings (SSSR count). The number of carbonyl (C=O) groups excluding carboxylic acids is 2. The van der Waals surface area contributed by atoms with Crippen LogP contribution in [0.25, 0.3) is 0 Å². The summed E-state index contributed by atoms with van der Waals surface area (Å²) in [7, 11) is 0. The van der Waals surface area contributed by atoms with E-state index in [2.05, 4.69) is 44.0 Å². The fourth-order valence-corrected chi connectivity index (χ4v) is 7.34. The quantitative estimate of drug-likeness (QED) is 0.454. The molecular formula is C27H31Br2ClN4O2. The zero-order chi connectivity index (χ0) is 25.4. The molecule has 2 saturated heterocycles. The summed E-state index contributed by atoms with van der Waals surface area (Å²) < 4.78 is 2.00. The second-order valence-corrected chi connectivity index (χ2v) is 12.4. The van der Waals surface area contributed by atoms with Crippen molar-refractivity contribution in [3.8, 4) is 0 Å². The molecule has 36 heavy (non-hydrogen) atoms. The molecule has 1 aromatic heterocycles. The number of primary amides is 1. The summed E-state index contributed by atoms with van der Waals surface area (Å²) in [5.74, 6) is 1.17. The third-order valence-electron chi connectivity index (χ3n) is 8.23. The van der Waals surface area contributed by atoms with Gasteiger partial charge in [-0.05, 0) is 111 Å². The predicted octanol–water partition coefficient (Wildman–Crippen LogP) is 5.91. The number of nitrogens with zero attached hydrogens (tertiary/aromatic N) is 3. The van der Waals surface area contributed by atoms with Crippen LogP contribution in [0, 0.1) is 11.8 Å². The number of pyridine rings is 1. The summed E-state index contributed by atoms with van der Waals surface area (Å²) in [6.45, 7) is 2.85. The molecule has 3 amide bonds. The SMILES string of the molecule is NC(=O)N1CCC(CC(=O)N2CCC([C@@H]3c4ccc(Cl)c(Br)c4CCc4cc(Br)cnc43)CC2)CC1. The van der Waals surface area contributed by atoms with Gasteiger partial charge in [-0.15, -0.1) is 0 Å². The number of benzene rings is 1. The molecular weight excluding hydrogens is 608 g/mol. The van der Waals surface area contributed by atoms with Crippen molar-refractivity contribution < 1.29 is 9.59 Å². The lowest BCUT2D eigenvalue weighted by molar-refractivity contribution is -0.134. The minimum atomic E-state index is -0.361. The Kier molecular flexibility index (Phi) is 7.94. The molecule has 9 heteroatoms. The van der Waals surface area contributed by atoms with E-state index < -0.39 is 0 Å². The second-order valence-electron chi connectivity index (χ2n) is 10.3. The van der Waals surface area contributed by atoms with Crippen LogP contribution in [0.3, 0.4) is 0 Å². The lowest BCUT2D eigenvalue weighted by Gasteiger charge is -2.38. The van der Waals surface area contributed by atoms with E-state index in [1.807, 2.05) is 17.2 Å². The van der Waals surface area contributed by atoms with E-state index in [4.69, 9.17) is 22.3 Å². The Hall–Kier alpha value is -1.64. The lowest BCUT2D eigenvalue weighted by atomic mass is 9.76. The van der Waals surface area contributed by atoms with Crippen molar-refractivity contribution >= 4 is 55.4 Å². The molecule has 1 atom stereocenters. The van der Waals surface area contributed by atoms with Crippen LogP contribution >= 0.6 is 43.5 Å². The average molecular weight is 639 g/mol. The standard InChI is InChI=1S/C27H31Br2ClN4O2/c28-19-14-18-1-2-21-20(3-4-22(30)25(21)29)24(26(18)32-15-19)17-7-11-33(12-8-17)23(35)13-16-5-9-34(10-6-16)27(31)36/h3-4,14-17,24H,1-2,5-13H2,(H2,31,36)/t24-/m1/s1. The van der Waals surface area contributed by atoms with Gasteiger partial charge in [-0.25, -0.2) is 4.79 Å². The van der Waals surface area contributed by atoms with Gasteiger partial charge in [0.25, 0.3) is 0 Å². The van der Waals surface area contributed by atoms with Crippen LogP contribution in [0.1, 0.15) is 60.4 Å². The van der Waals surface area contributed by atoms with Crippen molar-refractivity contribution in [2.45, 2.75) is 50.9 Å². The van der Waals surface area contributed by atoms with Gasteiger partial charge >= 0.3 is 6.03 Å². The summed E-state index contributed by atoms with van der Waals surface area (Å²) in [6, 6.07) is 6.02. The topological polar surface area (TPSA) is 79.5 Å². The van der Waals surface area contributed by atoms with E-state index in [0.29, 0.717) is 31.3 Å². The molecule has 6 nitrogen and oxygen atoms in total. The van der Waals surface area contributed by atoms with E-state index in [-0.39, 0.29) is 17.9 Å². The van der Waals surface area contributed by atoms with Crippen molar-refractivity contribution in [1.29, 1.82) is 0 Å². The number of aryl methyl sites for hydroxylation is 1. The van der Waals surface area contributed by atoms with Crippen molar-refractivity contribution in [3.05, 3.63) is 60.7 Å². The fourth-order valence-electron chi connectivity index (χ4n) is 6.22. The van der Waals surface area contributed by atoms with Crippen LogP contribution in [-0.4, -0.2) is 52.9 Å². The highest BCUT2D eigenvalue weighted by Gasteiger charge is 2.36. The molecule has 2 aromatic rings. The molecule has 0 bridgehead atoms. The van der Waals surface area contributed by atoms with Gasteiger partial charge in [0, 0.05) is 53.7 Å². The third kappa shape index (κ3) is 5.32. The zero-order valence-electron chi connectivity index (χ0n) is 20.2. The van der Waals surface area contributed by atoms with E-state index in [1.165, 1.54) is 16.7 Å². The van der Waals surface area contributed by atoms with E-state index >= 15 is 0 Å². The number of nitrogens with two attached hydrogens (primary N) is 1. The summed E-state index contributed by atoms with van der Waals surface area (Å²) >= 11 is 13.8. The summed E-state index contributed by atoms with van der Waals surface area (Å²) in [6.07, 6.45) is 7.91. The van der Waals surface area contributed by atoms with Crippen molar-refractivity contribution in [2.75, 3.05) is 26.2 Å². The first-order valence-corrected chi connectivity index (χ1v) is 14.7. The normalized spacial score (nSPS) is 21.0. The first-order chi connectivity index (χ1) is 17.3. The van der Waals surface area contributed by atoms with Crippen LogP contribution in [0.4, 0.5) is 4.79 Å². The average Bonchev–Trinajstić information content (AvgIpc) is 3.03. The number of hydrogen-bond donors (Lipinski definition) is 1. The Morgan fingerprint density at radius 1 is 1.03 bits per heavy atom. The van der Waals surface area contributed by atoms with Crippen LogP contribution in [-0.2, 0) is 17.6 Å². The van der Waals surface area contributed by atoms with E-state index in [0.717, 1.165) is 71.3 Å². The fraction of sp³-hybridized carbons (Fsp3) is 0.519. The largest absolute Gasteiger partial charge is 0.351 e. The molecule has 0 saturated carbocycles. The third-order valence-corrected chi connectivity index (χ3v) is 10.1. The number of carbonyl (C=O) groups is 2. The van der Waals surface area contributed by atoms with E-state index in [9.17, 15) is 9.59 Å². The van der Waals surface area contributed by atoms with Gasteiger partial charge in [-0.2, -0.15) is 0 Å². The van der Waals surface area contributed by atoms with Gasteiger partial charge < -0.3 is 15.5 Å². The maximum atomic E-state index is 13.1. The number of halogens is 3. The number of likely N-dealkylation sites (tertiary alicyclic amines) is 2. The minimum Gasteiger partial charge on any atom is -0.351 e. The Morgan fingerprint density at radius 3 is 2.42 bits per heavy atom. The first kappa shape index (κ1) is 26.0. The zero-order valence-corrected chi connectivity index (χ0v) is 24.1. The molecule has 0 radical (unpaired) electrons. The number of amides is 3. The van der Waals surface area contributed by atoms with E-state index in [1.54, 1.807) is 4.90 Å². The Labute approximate surface area is 234 Å². The molecule has 3 heterocycles. The number of fused-ring (bicyclic) bond motifs is 2.